The summed E-state index contributed by atoms with van der Waals surface area (Å²) in [6, 6.07) is 4.90. The molecular weight excluding hydrogens is 353 g/mol. The van der Waals surface area contributed by atoms with E-state index in [1.54, 1.807) is 12.1 Å². The third-order valence-corrected chi connectivity index (χ3v) is 4.20. The van der Waals surface area contributed by atoms with E-state index in [1.807, 2.05) is 6.92 Å². The Bertz CT molecular complexity index is 590. The average molecular weight is 374 g/mol. The zero-order chi connectivity index (χ0) is 17.4. The summed E-state index contributed by atoms with van der Waals surface area (Å²) < 4.78 is 10.7. The van der Waals surface area contributed by atoms with Crippen LogP contribution in [0.1, 0.15) is 17.3 Å². The number of carbonyl (C=O) groups excluding carboxylic acids is 1. The summed E-state index contributed by atoms with van der Waals surface area (Å²) in [5.74, 6) is -0.341. The molecule has 0 unspecified atom stereocenters. The SMILES string of the molecule is CCOC(=NCCN1CCOCC1)NC(=O)c1ccc(Cl)c(Cl)c1. The highest BCUT2D eigenvalue weighted by Gasteiger charge is 2.13. The summed E-state index contributed by atoms with van der Waals surface area (Å²) in [6.07, 6.45) is 0. The number of hydrogen-bond acceptors (Lipinski definition) is 5. The first-order valence-electron chi connectivity index (χ1n) is 7.84. The van der Waals surface area contributed by atoms with Crippen molar-refractivity contribution in [3.05, 3.63) is 33.8 Å². The molecule has 1 saturated heterocycles. The number of rotatable bonds is 5. The highest BCUT2D eigenvalue weighted by molar-refractivity contribution is 6.42. The van der Waals surface area contributed by atoms with E-state index < -0.39 is 0 Å². The van der Waals surface area contributed by atoms with Gasteiger partial charge in [-0.15, -0.1) is 0 Å². The van der Waals surface area contributed by atoms with E-state index in [1.165, 1.54) is 6.07 Å². The molecule has 0 saturated carbocycles. The summed E-state index contributed by atoms with van der Waals surface area (Å²) in [7, 11) is 0. The molecule has 1 fully saturated rings. The number of aliphatic imine (C=N–C) groups is 1. The average Bonchev–Trinajstić information content (AvgIpc) is 2.58. The van der Waals surface area contributed by atoms with Gasteiger partial charge in [-0.2, -0.15) is 0 Å². The van der Waals surface area contributed by atoms with Gasteiger partial charge >= 0.3 is 0 Å². The highest BCUT2D eigenvalue weighted by Crippen LogP contribution is 2.22. The van der Waals surface area contributed by atoms with Gasteiger partial charge in [0.05, 0.1) is 36.4 Å². The predicted octanol–water partition coefficient (Wildman–Crippen LogP) is 2.45. The lowest BCUT2D eigenvalue weighted by Gasteiger charge is -2.25. The summed E-state index contributed by atoms with van der Waals surface area (Å²) in [5.41, 5.74) is 0.394. The Morgan fingerprint density at radius 3 is 2.75 bits per heavy atom. The van der Waals surface area contributed by atoms with Gasteiger partial charge in [-0.05, 0) is 25.1 Å². The number of amides is 1. The molecule has 24 heavy (non-hydrogen) atoms. The van der Waals surface area contributed by atoms with Gasteiger partial charge in [0, 0.05) is 25.2 Å². The van der Waals surface area contributed by atoms with Gasteiger partial charge in [-0.25, -0.2) is 4.99 Å². The van der Waals surface area contributed by atoms with Crippen molar-refractivity contribution < 1.29 is 14.3 Å². The molecule has 0 atom stereocenters. The predicted molar refractivity (Wildman–Crippen MR) is 95.1 cm³/mol. The minimum atomic E-state index is -0.341. The Balaban J connectivity index is 1.92. The lowest BCUT2D eigenvalue weighted by molar-refractivity contribution is 0.0394. The number of morpholine rings is 1. The molecule has 1 aliphatic rings. The number of nitrogens with one attached hydrogen (secondary N) is 1. The maximum absolute atomic E-state index is 12.3. The van der Waals surface area contributed by atoms with E-state index >= 15 is 0 Å². The number of hydrogen-bond donors (Lipinski definition) is 1. The monoisotopic (exact) mass is 373 g/mol. The molecule has 132 valence electrons. The normalized spacial score (nSPS) is 16.0. The lowest BCUT2D eigenvalue weighted by Crippen LogP contribution is -2.38. The zero-order valence-corrected chi connectivity index (χ0v) is 15.1. The molecule has 8 heteroatoms. The summed E-state index contributed by atoms with van der Waals surface area (Å²) in [4.78, 5) is 18.9. The minimum Gasteiger partial charge on any atom is -0.465 e. The van der Waals surface area contributed by atoms with Crippen LogP contribution in [0.25, 0.3) is 0 Å². The third kappa shape index (κ3) is 5.94. The van der Waals surface area contributed by atoms with Crippen LogP contribution in [0.3, 0.4) is 0 Å². The van der Waals surface area contributed by atoms with Crippen LogP contribution in [0, 0.1) is 0 Å². The topological polar surface area (TPSA) is 63.2 Å². The van der Waals surface area contributed by atoms with Crippen LogP contribution in [-0.4, -0.2) is 62.8 Å². The molecule has 6 nitrogen and oxygen atoms in total. The van der Waals surface area contributed by atoms with Gasteiger partial charge in [0.2, 0.25) is 0 Å². The van der Waals surface area contributed by atoms with Gasteiger partial charge in [-0.1, -0.05) is 23.2 Å². The highest BCUT2D eigenvalue weighted by atomic mass is 35.5. The van der Waals surface area contributed by atoms with Crippen molar-refractivity contribution in [3.63, 3.8) is 0 Å². The van der Waals surface area contributed by atoms with E-state index in [4.69, 9.17) is 32.7 Å². The van der Waals surface area contributed by atoms with Crippen molar-refractivity contribution in [2.45, 2.75) is 6.92 Å². The van der Waals surface area contributed by atoms with Crippen molar-refractivity contribution >= 4 is 35.1 Å². The summed E-state index contributed by atoms with van der Waals surface area (Å²) in [5, 5.41) is 3.39. The maximum atomic E-state index is 12.3. The standard InChI is InChI=1S/C16H21Cl2N3O3/c1-2-24-16(19-5-6-21-7-9-23-10-8-21)20-15(22)12-3-4-13(17)14(18)11-12/h3-4,11H,2,5-10H2,1H3,(H,19,20,22). The Labute approximate surface area is 151 Å². The molecule has 0 spiro atoms. The first kappa shape index (κ1) is 19.0. The van der Waals surface area contributed by atoms with E-state index in [-0.39, 0.29) is 11.9 Å². The molecule has 1 aromatic carbocycles. The number of benzene rings is 1. The van der Waals surface area contributed by atoms with Gasteiger partial charge in [0.15, 0.2) is 0 Å². The molecule has 0 aliphatic carbocycles. The van der Waals surface area contributed by atoms with Crippen LogP contribution in [-0.2, 0) is 9.47 Å². The van der Waals surface area contributed by atoms with Crippen LogP contribution in [0.15, 0.2) is 23.2 Å². The Hall–Kier alpha value is -1.34. The Kier molecular flexibility index (Phi) is 7.78. The second-order valence-electron chi connectivity index (χ2n) is 5.16. The number of halogens is 2. The number of carbonyl (C=O) groups is 1. The van der Waals surface area contributed by atoms with E-state index in [0.717, 1.165) is 32.8 Å². The van der Waals surface area contributed by atoms with E-state index in [2.05, 4.69) is 15.2 Å². The van der Waals surface area contributed by atoms with Gasteiger partial charge in [0.1, 0.15) is 0 Å². The van der Waals surface area contributed by atoms with Crippen molar-refractivity contribution in [3.8, 4) is 0 Å². The van der Waals surface area contributed by atoms with Crippen LogP contribution < -0.4 is 5.32 Å². The molecule has 1 N–H and O–H groups in total. The first-order chi connectivity index (χ1) is 11.6. The van der Waals surface area contributed by atoms with E-state index in [0.29, 0.717) is 28.8 Å². The number of ether oxygens (including phenoxy) is 2. The molecule has 1 aromatic rings. The van der Waals surface area contributed by atoms with Crippen LogP contribution in [0.5, 0.6) is 0 Å². The Morgan fingerprint density at radius 2 is 2.08 bits per heavy atom. The van der Waals surface area contributed by atoms with Crippen molar-refractivity contribution in [1.29, 1.82) is 0 Å². The van der Waals surface area contributed by atoms with E-state index in [9.17, 15) is 4.79 Å². The van der Waals surface area contributed by atoms with Gasteiger partial charge in [-0.3, -0.25) is 15.0 Å². The third-order valence-electron chi connectivity index (χ3n) is 3.46. The van der Waals surface area contributed by atoms with Gasteiger partial charge in [0.25, 0.3) is 11.9 Å². The fourth-order valence-corrected chi connectivity index (χ4v) is 2.48. The van der Waals surface area contributed by atoms with Gasteiger partial charge < -0.3 is 9.47 Å². The molecule has 1 heterocycles. The molecule has 0 aromatic heterocycles. The van der Waals surface area contributed by atoms with Crippen molar-refractivity contribution in [2.75, 3.05) is 46.0 Å². The largest absolute Gasteiger partial charge is 0.465 e. The Morgan fingerprint density at radius 1 is 1.33 bits per heavy atom. The fourth-order valence-electron chi connectivity index (χ4n) is 2.18. The summed E-state index contributed by atoms with van der Waals surface area (Å²) in [6.45, 7) is 6.87. The first-order valence-corrected chi connectivity index (χ1v) is 8.59. The zero-order valence-electron chi connectivity index (χ0n) is 13.6. The molecule has 1 aliphatic heterocycles. The van der Waals surface area contributed by atoms with Crippen LogP contribution >= 0.6 is 23.2 Å². The summed E-state index contributed by atoms with van der Waals surface area (Å²) >= 11 is 11.8. The molecule has 0 bridgehead atoms. The minimum absolute atomic E-state index is 0.210. The quantitative estimate of drug-likeness (QED) is 0.635. The molecule has 0 radical (unpaired) electrons. The number of nitrogens with zero attached hydrogens (tertiary/aromatic N) is 2. The lowest BCUT2D eigenvalue weighted by atomic mass is 10.2. The number of amidine groups is 1. The van der Waals surface area contributed by atoms with Crippen molar-refractivity contribution in [1.82, 2.24) is 10.2 Å². The van der Waals surface area contributed by atoms with Crippen LogP contribution in [0.2, 0.25) is 10.0 Å². The fraction of sp³-hybridized carbons (Fsp3) is 0.500. The smallest absolute Gasteiger partial charge is 0.291 e. The second kappa shape index (κ2) is 9.84. The molecular formula is C16H21Cl2N3O3. The molecule has 2 rings (SSSR count). The second-order valence-corrected chi connectivity index (χ2v) is 5.97. The maximum Gasteiger partial charge on any atom is 0.291 e. The van der Waals surface area contributed by atoms with Crippen molar-refractivity contribution in [2.24, 2.45) is 4.99 Å². The molecule has 1 amide bonds. The van der Waals surface area contributed by atoms with Crippen LogP contribution in [0.4, 0.5) is 0 Å².